The molecule has 24 heavy (non-hydrogen) atoms. The molecule has 0 aliphatic carbocycles. The fourth-order valence-electron chi connectivity index (χ4n) is 2.31. The van der Waals surface area contributed by atoms with E-state index in [9.17, 15) is 13.2 Å². The van der Waals surface area contributed by atoms with Gasteiger partial charge < -0.3 is 9.64 Å². The lowest BCUT2D eigenvalue weighted by Crippen LogP contribution is -2.38. The number of para-hydroxylation sites is 1. The minimum absolute atomic E-state index is 0.114. The zero-order chi connectivity index (χ0) is 17.9. The second-order valence-corrected chi connectivity index (χ2v) is 7.69. The first-order valence-corrected chi connectivity index (χ1v) is 9.39. The third kappa shape index (κ3) is 4.14. The molecule has 5 nitrogen and oxygen atoms in total. The van der Waals surface area contributed by atoms with Gasteiger partial charge in [-0.15, -0.1) is 0 Å². The first-order chi connectivity index (χ1) is 11.2. The van der Waals surface area contributed by atoms with Gasteiger partial charge in [0.1, 0.15) is 5.75 Å². The molecular formula is C18H21NO4S. The maximum Gasteiger partial charge on any atom is 0.267 e. The number of likely N-dealkylation sites (N-methyl/N-ethyl adjacent to an activating group) is 1. The molecule has 0 N–H and O–H groups in total. The molecule has 6 heteroatoms. The molecule has 0 aliphatic rings. The minimum Gasteiger partial charge on any atom is -0.481 e. The van der Waals surface area contributed by atoms with Crippen LogP contribution in [-0.2, 0) is 14.6 Å². The van der Waals surface area contributed by atoms with E-state index in [-0.39, 0.29) is 10.8 Å². The Morgan fingerprint density at radius 3 is 2.25 bits per heavy atom. The fraction of sp³-hybridized carbons (Fsp3) is 0.278. The maximum atomic E-state index is 12.6. The van der Waals surface area contributed by atoms with Gasteiger partial charge in [0.15, 0.2) is 15.9 Å². The van der Waals surface area contributed by atoms with Gasteiger partial charge >= 0.3 is 0 Å². The normalized spacial score (nSPS) is 12.5. The molecule has 2 aromatic carbocycles. The molecule has 0 heterocycles. The Kier molecular flexibility index (Phi) is 5.29. The number of aryl methyl sites for hydroxylation is 1. The van der Waals surface area contributed by atoms with E-state index in [0.717, 1.165) is 11.8 Å². The summed E-state index contributed by atoms with van der Waals surface area (Å²) in [6, 6.07) is 13.8. The highest BCUT2D eigenvalue weighted by molar-refractivity contribution is 7.90. The summed E-state index contributed by atoms with van der Waals surface area (Å²) in [7, 11) is -1.89. The Labute approximate surface area is 142 Å². The summed E-state index contributed by atoms with van der Waals surface area (Å²) in [6.07, 6.45) is 0.376. The highest BCUT2D eigenvalue weighted by Crippen LogP contribution is 2.25. The van der Waals surface area contributed by atoms with E-state index in [1.54, 1.807) is 44.3 Å². The third-order valence-electron chi connectivity index (χ3n) is 3.64. The van der Waals surface area contributed by atoms with Crippen LogP contribution in [0.4, 0.5) is 5.69 Å². The van der Waals surface area contributed by atoms with Crippen LogP contribution in [0.2, 0.25) is 0 Å². The Morgan fingerprint density at radius 1 is 1.08 bits per heavy atom. The average molecular weight is 347 g/mol. The quantitative estimate of drug-likeness (QED) is 0.834. The van der Waals surface area contributed by atoms with Crippen LogP contribution in [0.1, 0.15) is 12.5 Å². The summed E-state index contributed by atoms with van der Waals surface area (Å²) in [5.74, 6) is 0.262. The minimum atomic E-state index is -3.44. The number of anilines is 1. The predicted octanol–water partition coefficient (Wildman–Crippen LogP) is 2.83. The predicted molar refractivity (Wildman–Crippen MR) is 94.2 cm³/mol. The smallest absolute Gasteiger partial charge is 0.267 e. The highest BCUT2D eigenvalue weighted by atomic mass is 32.2. The molecule has 2 aromatic rings. The van der Waals surface area contributed by atoms with E-state index >= 15 is 0 Å². The molecule has 0 aromatic heterocycles. The summed E-state index contributed by atoms with van der Waals surface area (Å²) < 4.78 is 29.5. The Morgan fingerprint density at radius 2 is 1.67 bits per heavy atom. The lowest BCUT2D eigenvalue weighted by Gasteiger charge is -2.24. The summed E-state index contributed by atoms with van der Waals surface area (Å²) in [5.41, 5.74) is 1.44. The second kappa shape index (κ2) is 7.05. The van der Waals surface area contributed by atoms with Gasteiger partial charge in [-0.05, 0) is 38.1 Å². The summed E-state index contributed by atoms with van der Waals surface area (Å²) in [6.45, 7) is 3.61. The number of amides is 1. The van der Waals surface area contributed by atoms with Crippen molar-refractivity contribution in [3.8, 4) is 5.75 Å². The zero-order valence-electron chi connectivity index (χ0n) is 14.2. The molecule has 0 saturated carbocycles. The monoisotopic (exact) mass is 347 g/mol. The van der Waals surface area contributed by atoms with E-state index < -0.39 is 15.9 Å². The second-order valence-electron chi connectivity index (χ2n) is 5.71. The van der Waals surface area contributed by atoms with Gasteiger partial charge in [0.25, 0.3) is 5.91 Å². The van der Waals surface area contributed by atoms with Gasteiger partial charge in [0.2, 0.25) is 0 Å². The van der Waals surface area contributed by atoms with Crippen molar-refractivity contribution in [2.24, 2.45) is 0 Å². The number of hydrogen-bond acceptors (Lipinski definition) is 4. The van der Waals surface area contributed by atoms with Crippen molar-refractivity contribution in [1.29, 1.82) is 0 Å². The highest BCUT2D eigenvalue weighted by Gasteiger charge is 2.24. The zero-order valence-corrected chi connectivity index (χ0v) is 15.0. The summed E-state index contributed by atoms with van der Waals surface area (Å²) in [5, 5.41) is 0. The maximum absolute atomic E-state index is 12.6. The molecular weight excluding hydrogens is 326 g/mol. The number of ether oxygens (including phenoxy) is 1. The topological polar surface area (TPSA) is 63.7 Å². The van der Waals surface area contributed by atoms with Gasteiger partial charge in [-0.3, -0.25) is 4.79 Å². The molecule has 1 atom stereocenters. The van der Waals surface area contributed by atoms with Crippen LogP contribution >= 0.6 is 0 Å². The van der Waals surface area contributed by atoms with Crippen LogP contribution in [0.5, 0.6) is 5.75 Å². The van der Waals surface area contributed by atoms with E-state index in [4.69, 9.17) is 4.74 Å². The van der Waals surface area contributed by atoms with Crippen LogP contribution in [0.25, 0.3) is 0 Å². The number of benzene rings is 2. The summed E-state index contributed by atoms with van der Waals surface area (Å²) in [4.78, 5) is 14.0. The Hall–Kier alpha value is -2.34. The SMILES string of the molecule is Cc1ccc(O[C@@H](C)C(=O)N(C)c2ccccc2S(C)(=O)=O)cc1. The Bertz CT molecular complexity index is 828. The van der Waals surface area contributed by atoms with Crippen molar-refractivity contribution in [2.45, 2.75) is 24.8 Å². The number of carbonyl (C=O) groups excluding carboxylic acids is 1. The number of carbonyl (C=O) groups is 1. The van der Waals surface area contributed by atoms with Crippen molar-refractivity contribution in [1.82, 2.24) is 0 Å². The van der Waals surface area contributed by atoms with E-state index in [1.807, 2.05) is 19.1 Å². The van der Waals surface area contributed by atoms with Crippen molar-refractivity contribution >= 4 is 21.4 Å². The molecule has 0 unspecified atom stereocenters. The molecule has 0 saturated heterocycles. The van der Waals surface area contributed by atoms with Crippen LogP contribution in [-0.4, -0.2) is 33.7 Å². The molecule has 0 radical (unpaired) electrons. The van der Waals surface area contributed by atoms with Crippen molar-refractivity contribution in [3.63, 3.8) is 0 Å². The molecule has 0 bridgehead atoms. The van der Waals surface area contributed by atoms with Gasteiger partial charge in [0.05, 0.1) is 10.6 Å². The van der Waals surface area contributed by atoms with Crippen molar-refractivity contribution in [2.75, 3.05) is 18.2 Å². The van der Waals surface area contributed by atoms with Crippen LogP contribution in [0.3, 0.4) is 0 Å². The third-order valence-corrected chi connectivity index (χ3v) is 4.78. The van der Waals surface area contributed by atoms with Gasteiger partial charge in [-0.2, -0.15) is 0 Å². The molecule has 0 fully saturated rings. The lowest BCUT2D eigenvalue weighted by molar-refractivity contribution is -0.124. The van der Waals surface area contributed by atoms with E-state index in [0.29, 0.717) is 11.4 Å². The van der Waals surface area contributed by atoms with Crippen LogP contribution < -0.4 is 9.64 Å². The van der Waals surface area contributed by atoms with Crippen molar-refractivity contribution in [3.05, 3.63) is 54.1 Å². The first-order valence-electron chi connectivity index (χ1n) is 7.50. The lowest BCUT2D eigenvalue weighted by atomic mass is 10.2. The van der Waals surface area contributed by atoms with E-state index in [2.05, 4.69) is 0 Å². The molecule has 2 rings (SSSR count). The average Bonchev–Trinajstić information content (AvgIpc) is 2.54. The largest absolute Gasteiger partial charge is 0.481 e. The Balaban J connectivity index is 2.22. The fourth-order valence-corrected chi connectivity index (χ4v) is 3.22. The number of rotatable bonds is 5. The van der Waals surface area contributed by atoms with Gasteiger partial charge in [-0.25, -0.2) is 8.42 Å². The standard InChI is InChI=1S/C18H21NO4S/c1-13-9-11-15(12-10-13)23-14(2)18(20)19(3)16-7-5-6-8-17(16)24(4,21)22/h5-12,14H,1-4H3/t14-/m0/s1. The first kappa shape index (κ1) is 18.0. The molecule has 0 spiro atoms. The van der Waals surface area contributed by atoms with Crippen LogP contribution in [0, 0.1) is 6.92 Å². The molecule has 0 aliphatic heterocycles. The molecule has 1 amide bonds. The summed E-state index contributed by atoms with van der Waals surface area (Å²) >= 11 is 0. The van der Waals surface area contributed by atoms with Gasteiger partial charge in [0, 0.05) is 13.3 Å². The number of sulfone groups is 1. The van der Waals surface area contributed by atoms with Gasteiger partial charge in [-0.1, -0.05) is 29.8 Å². The van der Waals surface area contributed by atoms with Crippen LogP contribution in [0.15, 0.2) is 53.4 Å². The van der Waals surface area contributed by atoms with E-state index in [1.165, 1.54) is 11.0 Å². The number of nitrogens with zero attached hydrogens (tertiary/aromatic N) is 1. The molecule has 128 valence electrons. The van der Waals surface area contributed by atoms with Crippen molar-refractivity contribution < 1.29 is 17.9 Å². The number of hydrogen-bond donors (Lipinski definition) is 0.